The lowest BCUT2D eigenvalue weighted by molar-refractivity contribution is -0.161. The molecule has 0 saturated carbocycles. The molecule has 0 radical (unpaired) electrons. The molecule has 0 aliphatic carbocycles. The van der Waals surface area contributed by atoms with Crippen LogP contribution in [0.25, 0.3) is 0 Å². The fourth-order valence-electron chi connectivity index (χ4n) is 7.72. The Labute approximate surface area is 394 Å². The van der Waals surface area contributed by atoms with E-state index >= 15 is 0 Å². The highest BCUT2D eigenvalue weighted by atomic mass is 31.2. The molecule has 3 N–H and O–H groups in total. The first-order valence-corrected chi connectivity index (χ1v) is 28.5. The lowest BCUT2D eigenvalue weighted by Crippen LogP contribution is -2.29. The lowest BCUT2D eigenvalue weighted by Gasteiger charge is -2.19. The predicted octanol–water partition coefficient (Wildman–Crippen LogP) is 16.5. The van der Waals surface area contributed by atoms with E-state index in [1.807, 2.05) is 0 Å². The Bertz CT molecular complexity index is 1140. The molecule has 0 rings (SSSR count). The Morgan fingerprint density at radius 2 is 0.812 bits per heavy atom. The van der Waals surface area contributed by atoms with Crippen molar-refractivity contribution >= 4 is 19.8 Å². The second kappa shape index (κ2) is 50.6. The number of esters is 2. The highest BCUT2D eigenvalue weighted by Gasteiger charge is 2.26. The van der Waals surface area contributed by atoms with Crippen LogP contribution in [0.2, 0.25) is 0 Å². The van der Waals surface area contributed by atoms with Crippen LogP contribution in [0.1, 0.15) is 264 Å². The molecule has 10 heteroatoms. The average Bonchev–Trinajstić information content (AvgIpc) is 3.28. The number of unbranched alkanes of at least 4 members (excludes halogenated alkanes) is 32. The maximum atomic E-state index is 12.7. The summed E-state index contributed by atoms with van der Waals surface area (Å²) >= 11 is 0. The third kappa shape index (κ3) is 49.7. The molecular formula is C54H102NO8P. The second-order valence-electron chi connectivity index (χ2n) is 18.1. The van der Waals surface area contributed by atoms with Crippen LogP contribution < -0.4 is 5.73 Å². The molecule has 64 heavy (non-hydrogen) atoms. The van der Waals surface area contributed by atoms with E-state index in [1.165, 1.54) is 180 Å². The predicted molar refractivity (Wildman–Crippen MR) is 270 cm³/mol. The van der Waals surface area contributed by atoms with Crippen LogP contribution in [0.3, 0.4) is 0 Å². The van der Waals surface area contributed by atoms with E-state index in [9.17, 15) is 19.0 Å². The van der Waals surface area contributed by atoms with Crippen molar-refractivity contribution in [1.29, 1.82) is 0 Å². The molecule has 0 spiro atoms. The molecule has 9 nitrogen and oxygen atoms in total. The first-order chi connectivity index (χ1) is 31.3. The van der Waals surface area contributed by atoms with Crippen molar-refractivity contribution < 1.29 is 37.6 Å². The van der Waals surface area contributed by atoms with Crippen molar-refractivity contribution in [3.8, 4) is 0 Å². The molecule has 2 unspecified atom stereocenters. The summed E-state index contributed by atoms with van der Waals surface area (Å²) in [5.41, 5.74) is 5.37. The zero-order valence-electron chi connectivity index (χ0n) is 41.8. The summed E-state index contributed by atoms with van der Waals surface area (Å²) in [6.45, 7) is 3.75. The van der Waals surface area contributed by atoms with E-state index in [4.69, 9.17) is 24.3 Å². The highest BCUT2D eigenvalue weighted by molar-refractivity contribution is 7.47. The number of nitrogens with two attached hydrogens (primary N) is 1. The Morgan fingerprint density at radius 1 is 0.469 bits per heavy atom. The van der Waals surface area contributed by atoms with Crippen molar-refractivity contribution in [3.05, 3.63) is 36.5 Å². The van der Waals surface area contributed by atoms with Gasteiger partial charge in [0.2, 0.25) is 0 Å². The molecule has 0 aromatic heterocycles. The van der Waals surface area contributed by atoms with Crippen molar-refractivity contribution in [1.82, 2.24) is 0 Å². The SMILES string of the molecule is CCCCCC/C=C\C/C=C\CCCCCCCCCC(=O)OC(COC(=O)CCCCCCCCCCCCCCC/C=C\CCCCCCCCCC)COP(=O)(O)OCCN. The maximum Gasteiger partial charge on any atom is 0.472 e. The summed E-state index contributed by atoms with van der Waals surface area (Å²) in [5, 5.41) is 0. The summed E-state index contributed by atoms with van der Waals surface area (Å²) in [6.07, 6.45) is 59.0. The molecule has 0 saturated heterocycles. The number of rotatable bonds is 51. The van der Waals surface area contributed by atoms with Gasteiger partial charge in [0.1, 0.15) is 6.61 Å². The average molecular weight is 924 g/mol. The van der Waals surface area contributed by atoms with Gasteiger partial charge in [-0.25, -0.2) is 4.57 Å². The molecule has 0 bridgehead atoms. The van der Waals surface area contributed by atoms with Gasteiger partial charge in [-0.3, -0.25) is 18.6 Å². The van der Waals surface area contributed by atoms with Crippen LogP contribution >= 0.6 is 7.82 Å². The molecule has 2 atom stereocenters. The van der Waals surface area contributed by atoms with Gasteiger partial charge >= 0.3 is 19.8 Å². The van der Waals surface area contributed by atoms with Crippen molar-refractivity contribution in [2.45, 2.75) is 270 Å². The number of allylic oxidation sites excluding steroid dienone is 6. The Kier molecular flexibility index (Phi) is 49.2. The molecule has 0 aromatic carbocycles. The van der Waals surface area contributed by atoms with E-state index in [0.29, 0.717) is 6.42 Å². The summed E-state index contributed by atoms with van der Waals surface area (Å²) in [5.74, 6) is -0.827. The minimum atomic E-state index is -4.38. The van der Waals surface area contributed by atoms with Gasteiger partial charge in [-0.15, -0.1) is 0 Å². The van der Waals surface area contributed by atoms with Gasteiger partial charge in [0.05, 0.1) is 13.2 Å². The van der Waals surface area contributed by atoms with E-state index in [-0.39, 0.29) is 38.6 Å². The van der Waals surface area contributed by atoms with Gasteiger partial charge in [0.25, 0.3) is 0 Å². The van der Waals surface area contributed by atoms with E-state index in [1.54, 1.807) is 0 Å². The standard InChI is InChI=1S/C54H102NO8P/c1-3-5-7-9-11-13-15-17-19-21-23-24-25-26-27-28-29-31-32-34-36-38-40-42-44-46-53(56)60-50-52(51-62-64(58,59)61-49-48-55)63-54(57)47-45-43-41-39-37-35-33-30-22-20-18-16-14-12-10-8-6-4-2/h14,16,20-23,52H,3-13,15,17-19,24-51,55H2,1-2H3,(H,58,59)/b16-14-,22-20-,23-21-. The number of hydrogen-bond acceptors (Lipinski definition) is 8. The van der Waals surface area contributed by atoms with Crippen molar-refractivity contribution in [2.24, 2.45) is 5.73 Å². The third-order valence-electron chi connectivity index (χ3n) is 11.7. The van der Waals surface area contributed by atoms with Crippen LogP contribution in [0.4, 0.5) is 0 Å². The normalized spacial score (nSPS) is 13.4. The molecule has 0 amide bonds. The number of carbonyl (C=O) groups is 2. The number of phosphoric ester groups is 1. The minimum Gasteiger partial charge on any atom is -0.462 e. The van der Waals surface area contributed by atoms with Crippen LogP contribution in [0.5, 0.6) is 0 Å². The molecule has 0 fully saturated rings. The highest BCUT2D eigenvalue weighted by Crippen LogP contribution is 2.43. The first-order valence-electron chi connectivity index (χ1n) is 27.0. The van der Waals surface area contributed by atoms with E-state index < -0.39 is 26.5 Å². The van der Waals surface area contributed by atoms with Gasteiger partial charge in [-0.05, 0) is 70.6 Å². The Hall–Kier alpha value is -1.77. The van der Waals surface area contributed by atoms with Gasteiger partial charge < -0.3 is 20.1 Å². The lowest BCUT2D eigenvalue weighted by atomic mass is 10.0. The molecular weight excluding hydrogens is 822 g/mol. The number of carbonyl (C=O) groups excluding carboxylic acids is 2. The molecule has 0 heterocycles. The van der Waals surface area contributed by atoms with Crippen LogP contribution in [0.15, 0.2) is 36.5 Å². The van der Waals surface area contributed by atoms with Crippen molar-refractivity contribution in [3.63, 3.8) is 0 Å². The number of phosphoric acid groups is 1. The van der Waals surface area contributed by atoms with E-state index in [0.717, 1.165) is 51.4 Å². The summed E-state index contributed by atoms with van der Waals surface area (Å²) < 4.78 is 33.0. The van der Waals surface area contributed by atoms with Crippen LogP contribution in [-0.4, -0.2) is 49.3 Å². The molecule has 0 aliphatic rings. The van der Waals surface area contributed by atoms with Gasteiger partial charge in [0.15, 0.2) is 6.10 Å². The third-order valence-corrected chi connectivity index (χ3v) is 12.7. The quantitative estimate of drug-likeness (QED) is 0.0265. The fraction of sp³-hybridized carbons (Fsp3) is 0.852. The number of hydrogen-bond donors (Lipinski definition) is 2. The first kappa shape index (κ1) is 62.2. The minimum absolute atomic E-state index is 0.0525. The van der Waals surface area contributed by atoms with Gasteiger partial charge in [0, 0.05) is 19.4 Å². The van der Waals surface area contributed by atoms with Crippen molar-refractivity contribution in [2.75, 3.05) is 26.4 Å². The van der Waals surface area contributed by atoms with E-state index in [2.05, 4.69) is 50.3 Å². The zero-order chi connectivity index (χ0) is 46.7. The Balaban J connectivity index is 3.98. The second-order valence-corrected chi connectivity index (χ2v) is 19.5. The van der Waals surface area contributed by atoms with Gasteiger partial charge in [-0.2, -0.15) is 0 Å². The fourth-order valence-corrected chi connectivity index (χ4v) is 8.49. The topological polar surface area (TPSA) is 134 Å². The zero-order valence-corrected chi connectivity index (χ0v) is 42.7. The van der Waals surface area contributed by atoms with Crippen LogP contribution in [0, 0.1) is 0 Å². The molecule has 376 valence electrons. The Morgan fingerprint density at radius 3 is 1.22 bits per heavy atom. The monoisotopic (exact) mass is 924 g/mol. The van der Waals surface area contributed by atoms with Crippen LogP contribution in [-0.2, 0) is 32.7 Å². The summed E-state index contributed by atoms with van der Waals surface area (Å²) in [7, 11) is -4.38. The molecule has 0 aliphatic heterocycles. The molecule has 0 aromatic rings. The number of ether oxygens (including phenoxy) is 2. The summed E-state index contributed by atoms with van der Waals surface area (Å²) in [6, 6.07) is 0. The maximum absolute atomic E-state index is 12.7. The summed E-state index contributed by atoms with van der Waals surface area (Å²) in [4.78, 5) is 35.1. The largest absolute Gasteiger partial charge is 0.472 e. The van der Waals surface area contributed by atoms with Gasteiger partial charge in [-0.1, -0.05) is 217 Å². The smallest absolute Gasteiger partial charge is 0.462 e.